The Labute approximate surface area is 183 Å². The number of nitrogens with two attached hydrogens (primary N) is 1. The first-order valence-corrected chi connectivity index (χ1v) is 11.3. The molecular formula is C23H23N5O2S. The second-order valence-electron chi connectivity index (χ2n) is 7.93. The predicted octanol–water partition coefficient (Wildman–Crippen LogP) is 3.24. The van der Waals surface area contributed by atoms with Gasteiger partial charge < -0.3 is 10.6 Å². The highest BCUT2D eigenvalue weighted by Gasteiger charge is 2.29. The molecule has 2 aromatic carbocycles. The van der Waals surface area contributed by atoms with Gasteiger partial charge in [-0.1, -0.05) is 36.0 Å². The van der Waals surface area contributed by atoms with Crippen LogP contribution in [0, 0.1) is 5.92 Å². The molecule has 3 heterocycles. The molecule has 31 heavy (non-hydrogen) atoms. The highest BCUT2D eigenvalue weighted by molar-refractivity contribution is 8.00. The minimum absolute atomic E-state index is 0.0560. The summed E-state index contributed by atoms with van der Waals surface area (Å²) < 4.78 is 2.05. The van der Waals surface area contributed by atoms with E-state index >= 15 is 0 Å². The number of hydrogen-bond acceptors (Lipinski definition) is 5. The summed E-state index contributed by atoms with van der Waals surface area (Å²) in [6.07, 6.45) is 1.26. The summed E-state index contributed by atoms with van der Waals surface area (Å²) in [6, 6.07) is 15.9. The van der Waals surface area contributed by atoms with Crippen molar-refractivity contribution in [2.45, 2.75) is 30.2 Å². The number of aromatic nitrogens is 3. The van der Waals surface area contributed by atoms with Crippen molar-refractivity contribution >= 4 is 51.2 Å². The summed E-state index contributed by atoms with van der Waals surface area (Å²) in [5, 5.41) is 1.41. The number of likely N-dealkylation sites (tertiary alicyclic amines) is 1. The molecule has 1 saturated heterocycles. The number of thioether (sulfide) groups is 1. The van der Waals surface area contributed by atoms with Gasteiger partial charge in [0.2, 0.25) is 11.8 Å². The van der Waals surface area contributed by atoms with Crippen molar-refractivity contribution in [1.29, 1.82) is 0 Å². The highest BCUT2D eigenvalue weighted by Crippen LogP contribution is 2.31. The molecule has 0 spiro atoms. The number of amides is 2. The Balaban J connectivity index is 1.49. The number of carbonyl (C=O) groups excluding carboxylic acids is 2. The van der Waals surface area contributed by atoms with E-state index in [1.54, 1.807) is 0 Å². The first kappa shape index (κ1) is 19.8. The van der Waals surface area contributed by atoms with Gasteiger partial charge in [0.25, 0.3) is 0 Å². The maximum Gasteiger partial charge on any atom is 0.235 e. The van der Waals surface area contributed by atoms with E-state index < -0.39 is 0 Å². The number of benzene rings is 2. The number of rotatable bonds is 4. The van der Waals surface area contributed by atoms with E-state index in [1.165, 1.54) is 11.8 Å². The summed E-state index contributed by atoms with van der Waals surface area (Å²) in [4.78, 5) is 36.1. The molecule has 0 aliphatic carbocycles. The molecule has 2 N–H and O–H groups in total. The van der Waals surface area contributed by atoms with Crippen LogP contribution in [0.5, 0.6) is 0 Å². The summed E-state index contributed by atoms with van der Waals surface area (Å²) in [6.45, 7) is 3.03. The van der Waals surface area contributed by atoms with E-state index in [2.05, 4.69) is 0 Å². The lowest BCUT2D eigenvalue weighted by Gasteiger charge is -2.32. The van der Waals surface area contributed by atoms with Crippen molar-refractivity contribution in [3.8, 4) is 0 Å². The predicted molar refractivity (Wildman–Crippen MR) is 122 cm³/mol. The van der Waals surface area contributed by atoms with Gasteiger partial charge in [-0.25, -0.2) is 9.97 Å². The Kier molecular flexibility index (Phi) is 5.02. The van der Waals surface area contributed by atoms with Gasteiger partial charge in [-0.15, -0.1) is 0 Å². The van der Waals surface area contributed by atoms with E-state index in [9.17, 15) is 9.59 Å². The number of fused-ring (bicyclic) bond motifs is 5. The first-order valence-electron chi connectivity index (χ1n) is 10.4. The Bertz CT molecular complexity index is 1310. The fourth-order valence-electron chi connectivity index (χ4n) is 4.24. The maximum atomic E-state index is 13.1. The average Bonchev–Trinajstić information content (AvgIpc) is 3.19. The molecule has 158 valence electrons. The molecule has 0 bridgehead atoms. The van der Waals surface area contributed by atoms with E-state index in [0.717, 1.165) is 32.7 Å². The zero-order chi connectivity index (χ0) is 21.5. The van der Waals surface area contributed by atoms with Crippen LogP contribution < -0.4 is 5.73 Å². The van der Waals surface area contributed by atoms with Gasteiger partial charge in [0.05, 0.1) is 21.8 Å². The van der Waals surface area contributed by atoms with E-state index in [1.807, 2.05) is 64.8 Å². The van der Waals surface area contributed by atoms with E-state index in [-0.39, 0.29) is 23.0 Å². The Morgan fingerprint density at radius 3 is 2.45 bits per heavy atom. The number of nitrogens with zero attached hydrogens (tertiary/aromatic N) is 4. The van der Waals surface area contributed by atoms with Crippen LogP contribution >= 0.6 is 11.8 Å². The molecule has 4 aromatic rings. The molecule has 8 heteroatoms. The molecule has 7 nitrogen and oxygen atoms in total. The molecule has 0 saturated carbocycles. The number of hydrogen-bond donors (Lipinski definition) is 1. The third kappa shape index (κ3) is 3.50. The Hall–Kier alpha value is -3.13. The van der Waals surface area contributed by atoms with E-state index in [0.29, 0.717) is 25.9 Å². The topological polar surface area (TPSA) is 93.6 Å². The van der Waals surface area contributed by atoms with Crippen LogP contribution in [-0.4, -0.2) is 49.4 Å². The second-order valence-corrected chi connectivity index (χ2v) is 9.24. The zero-order valence-corrected chi connectivity index (χ0v) is 18.0. The fraction of sp³-hybridized carbons (Fsp3) is 0.304. The Morgan fingerprint density at radius 2 is 1.71 bits per heavy atom. The van der Waals surface area contributed by atoms with Crippen LogP contribution in [0.1, 0.15) is 19.8 Å². The molecule has 1 fully saturated rings. The van der Waals surface area contributed by atoms with Gasteiger partial charge in [0.1, 0.15) is 5.65 Å². The quantitative estimate of drug-likeness (QED) is 0.394. The molecule has 1 aliphatic rings. The molecule has 1 atom stereocenters. The molecule has 2 aromatic heterocycles. The standard InChI is InChI=1S/C23H23N5O2S/c1-14(22(30)27-12-10-15(11-13-27)20(24)29)31-23-26-17-7-3-2-6-16(17)21-25-18-8-4-5-9-19(18)28(21)23/h2-9,14-15H,10-13H2,1H3,(H2,24,29). The third-order valence-corrected chi connectivity index (χ3v) is 6.99. The summed E-state index contributed by atoms with van der Waals surface area (Å²) >= 11 is 1.45. The van der Waals surface area contributed by atoms with Crippen LogP contribution in [0.3, 0.4) is 0 Å². The number of para-hydroxylation sites is 3. The number of piperidine rings is 1. The number of imidazole rings is 1. The van der Waals surface area contributed by atoms with Crippen LogP contribution in [0.25, 0.3) is 27.6 Å². The molecule has 2 amide bonds. The largest absolute Gasteiger partial charge is 0.369 e. The van der Waals surface area contributed by atoms with Gasteiger partial charge >= 0.3 is 0 Å². The molecule has 0 radical (unpaired) electrons. The lowest BCUT2D eigenvalue weighted by molar-refractivity contribution is -0.134. The number of carbonyl (C=O) groups is 2. The summed E-state index contributed by atoms with van der Waals surface area (Å²) in [5.41, 5.74) is 8.99. The van der Waals surface area contributed by atoms with Crippen molar-refractivity contribution < 1.29 is 9.59 Å². The lowest BCUT2D eigenvalue weighted by Crippen LogP contribution is -2.44. The van der Waals surface area contributed by atoms with E-state index in [4.69, 9.17) is 15.7 Å². The highest BCUT2D eigenvalue weighted by atomic mass is 32.2. The smallest absolute Gasteiger partial charge is 0.235 e. The molecular weight excluding hydrogens is 410 g/mol. The van der Waals surface area contributed by atoms with Gasteiger partial charge in [-0.3, -0.25) is 14.0 Å². The van der Waals surface area contributed by atoms with Crippen LogP contribution in [-0.2, 0) is 9.59 Å². The van der Waals surface area contributed by atoms with Gasteiger partial charge in [0.15, 0.2) is 5.16 Å². The van der Waals surface area contributed by atoms with Crippen molar-refractivity contribution in [3.05, 3.63) is 48.5 Å². The number of primary amides is 1. The summed E-state index contributed by atoms with van der Waals surface area (Å²) in [7, 11) is 0. The fourth-order valence-corrected chi connectivity index (χ4v) is 5.25. The molecule has 1 aliphatic heterocycles. The third-order valence-electron chi connectivity index (χ3n) is 5.95. The van der Waals surface area contributed by atoms with Crippen LogP contribution in [0.15, 0.2) is 53.7 Å². The average molecular weight is 434 g/mol. The van der Waals surface area contributed by atoms with Gasteiger partial charge in [-0.05, 0) is 44.0 Å². The zero-order valence-electron chi connectivity index (χ0n) is 17.2. The van der Waals surface area contributed by atoms with Gasteiger partial charge in [-0.2, -0.15) is 0 Å². The van der Waals surface area contributed by atoms with Gasteiger partial charge in [0, 0.05) is 24.4 Å². The van der Waals surface area contributed by atoms with Crippen molar-refractivity contribution in [2.24, 2.45) is 11.7 Å². The monoisotopic (exact) mass is 433 g/mol. The minimum Gasteiger partial charge on any atom is -0.369 e. The van der Waals surface area contributed by atoms with Crippen LogP contribution in [0.2, 0.25) is 0 Å². The summed E-state index contributed by atoms with van der Waals surface area (Å²) in [5.74, 6) is -0.351. The minimum atomic E-state index is -0.317. The van der Waals surface area contributed by atoms with Crippen molar-refractivity contribution in [3.63, 3.8) is 0 Å². The lowest BCUT2D eigenvalue weighted by atomic mass is 9.96. The maximum absolute atomic E-state index is 13.1. The van der Waals surface area contributed by atoms with Crippen LogP contribution in [0.4, 0.5) is 0 Å². The van der Waals surface area contributed by atoms with Crippen molar-refractivity contribution in [2.75, 3.05) is 13.1 Å². The first-order chi connectivity index (χ1) is 15.0. The molecule has 5 rings (SSSR count). The Morgan fingerprint density at radius 1 is 1.03 bits per heavy atom. The van der Waals surface area contributed by atoms with Crippen molar-refractivity contribution in [1.82, 2.24) is 19.3 Å². The normalized spacial score (nSPS) is 16.2. The SMILES string of the molecule is CC(Sc1nc2ccccc2c2nc3ccccc3n12)C(=O)N1CCC(C(N)=O)CC1. The molecule has 1 unspecified atom stereocenters. The second kappa shape index (κ2) is 7.85.